The van der Waals surface area contributed by atoms with Crippen LogP contribution >= 0.6 is 0 Å². The highest BCUT2D eigenvalue weighted by molar-refractivity contribution is 6.20. The van der Waals surface area contributed by atoms with Crippen molar-refractivity contribution in [3.05, 3.63) is 60.7 Å². The fourth-order valence-electron chi connectivity index (χ4n) is 4.14. The van der Waals surface area contributed by atoms with E-state index >= 15 is 0 Å². The van der Waals surface area contributed by atoms with Crippen molar-refractivity contribution in [2.24, 2.45) is 27.5 Å². The molecule has 0 fully saturated rings. The lowest BCUT2D eigenvalue weighted by Gasteiger charge is -2.29. The first-order valence-electron chi connectivity index (χ1n) is 9.65. The number of carbonyl (C=O) groups excluding carboxylic acids is 2. The van der Waals surface area contributed by atoms with Crippen LogP contribution in [0.25, 0.3) is 0 Å². The summed E-state index contributed by atoms with van der Waals surface area (Å²) < 4.78 is 0. The Morgan fingerprint density at radius 2 is 1.10 bits per heavy atom. The first kappa shape index (κ1) is 20.0. The van der Waals surface area contributed by atoms with Crippen molar-refractivity contribution >= 4 is 34.6 Å². The topological polar surface area (TPSA) is 113 Å². The summed E-state index contributed by atoms with van der Waals surface area (Å²) in [5.74, 6) is -3.44. The lowest BCUT2D eigenvalue weighted by molar-refractivity contribution is -0.124. The number of para-hydroxylation sites is 2. The molecule has 0 radical (unpaired) electrons. The predicted molar refractivity (Wildman–Crippen MR) is 115 cm³/mol. The van der Waals surface area contributed by atoms with Crippen molar-refractivity contribution in [3.63, 3.8) is 0 Å². The van der Waals surface area contributed by atoms with Gasteiger partial charge in [0.15, 0.2) is 5.41 Å². The van der Waals surface area contributed by atoms with Crippen molar-refractivity contribution in [1.82, 2.24) is 0 Å². The molecule has 2 heterocycles. The molecule has 0 aromatic heterocycles. The average molecular weight is 410 g/mol. The van der Waals surface area contributed by atoms with Gasteiger partial charge in [-0.2, -0.15) is 20.7 Å². The van der Waals surface area contributed by atoms with Crippen LogP contribution in [0.5, 0.6) is 0 Å². The maximum Gasteiger partial charge on any atom is 0.259 e. The second kappa shape index (κ2) is 7.51. The molecule has 2 atom stereocenters. The van der Waals surface area contributed by atoms with Gasteiger partial charge in [0.1, 0.15) is 11.8 Å². The van der Waals surface area contributed by atoms with Gasteiger partial charge in [-0.1, -0.05) is 36.4 Å². The molecule has 2 aromatic rings. The Morgan fingerprint density at radius 3 is 1.42 bits per heavy atom. The Kier molecular flexibility index (Phi) is 4.84. The highest BCUT2D eigenvalue weighted by Crippen LogP contribution is 2.44. The third-order valence-corrected chi connectivity index (χ3v) is 5.54. The number of nitrogens with zero attached hydrogens (tertiary/aromatic N) is 6. The molecule has 0 N–H and O–H groups in total. The number of rotatable bonds is 4. The van der Waals surface area contributed by atoms with Gasteiger partial charge in [0.25, 0.3) is 11.8 Å². The summed E-state index contributed by atoms with van der Waals surface area (Å²) in [5.41, 5.74) is -0.338. The minimum Gasteiger partial charge on any atom is -0.272 e. The molecule has 4 rings (SSSR count). The molecule has 2 amide bonds. The van der Waals surface area contributed by atoms with Gasteiger partial charge in [-0.3, -0.25) is 9.59 Å². The standard InChI is InChI=1S/C23H18N6O2/c1-15-19(21(30)28(26-15)17-9-5-3-6-10-17)23(13-24,14-25)20-16(2)27-29(22(20)31)18-11-7-4-8-12-18/h3-12,19-20H,1-2H3/t19-,20-/m0/s1. The smallest absolute Gasteiger partial charge is 0.259 e. The van der Waals surface area contributed by atoms with Crippen molar-refractivity contribution in [2.75, 3.05) is 10.0 Å². The van der Waals surface area contributed by atoms with Crippen LogP contribution in [0, 0.1) is 39.9 Å². The minimum atomic E-state index is -1.98. The molecule has 2 aromatic carbocycles. The summed E-state index contributed by atoms with van der Waals surface area (Å²) in [6.07, 6.45) is 0. The van der Waals surface area contributed by atoms with Crippen molar-refractivity contribution in [3.8, 4) is 12.1 Å². The van der Waals surface area contributed by atoms with Crippen LogP contribution in [0.1, 0.15) is 13.8 Å². The van der Waals surface area contributed by atoms with Gasteiger partial charge in [-0.05, 0) is 38.1 Å². The molecule has 2 aliphatic heterocycles. The zero-order chi connectivity index (χ0) is 22.2. The molecular formula is C23H18N6O2. The second-order valence-electron chi connectivity index (χ2n) is 7.41. The number of hydrogen-bond donors (Lipinski definition) is 0. The Labute approximate surface area is 179 Å². The third-order valence-electron chi connectivity index (χ3n) is 5.54. The Bertz CT molecular complexity index is 1090. The van der Waals surface area contributed by atoms with E-state index in [1.807, 2.05) is 24.3 Å². The molecule has 31 heavy (non-hydrogen) atoms. The van der Waals surface area contributed by atoms with Gasteiger partial charge >= 0.3 is 0 Å². The van der Waals surface area contributed by atoms with E-state index in [0.29, 0.717) is 22.8 Å². The highest BCUT2D eigenvalue weighted by Gasteiger charge is 2.61. The summed E-state index contributed by atoms with van der Waals surface area (Å²) in [7, 11) is 0. The zero-order valence-corrected chi connectivity index (χ0v) is 16.9. The molecule has 0 unspecified atom stereocenters. The molecule has 0 saturated carbocycles. The first-order valence-corrected chi connectivity index (χ1v) is 9.65. The number of hydrazone groups is 2. The van der Waals surface area contributed by atoms with Crippen LogP contribution in [0.3, 0.4) is 0 Å². The maximum atomic E-state index is 13.3. The fraction of sp³-hybridized carbons (Fsp3) is 0.217. The summed E-state index contributed by atoms with van der Waals surface area (Å²) in [4.78, 5) is 26.7. The molecule has 8 nitrogen and oxygen atoms in total. The van der Waals surface area contributed by atoms with E-state index in [0.717, 1.165) is 0 Å². The van der Waals surface area contributed by atoms with E-state index in [4.69, 9.17) is 0 Å². The molecular weight excluding hydrogens is 392 g/mol. The third kappa shape index (κ3) is 2.97. The van der Waals surface area contributed by atoms with Gasteiger partial charge < -0.3 is 0 Å². The maximum absolute atomic E-state index is 13.3. The molecule has 0 aliphatic carbocycles. The van der Waals surface area contributed by atoms with Gasteiger partial charge in [0.05, 0.1) is 34.9 Å². The van der Waals surface area contributed by atoms with Crippen LogP contribution in [-0.2, 0) is 9.59 Å². The minimum absolute atomic E-state index is 0.302. The number of hydrogen-bond acceptors (Lipinski definition) is 6. The SMILES string of the molecule is CC1=NN(c2ccccc2)C(=O)[C@H]1C(C#N)(C#N)[C@@H]1C(=O)N(c2ccccc2)N=C1C. The van der Waals surface area contributed by atoms with Crippen LogP contribution in [-0.4, -0.2) is 23.2 Å². The van der Waals surface area contributed by atoms with E-state index in [2.05, 4.69) is 10.2 Å². The van der Waals surface area contributed by atoms with Crippen molar-refractivity contribution in [2.45, 2.75) is 13.8 Å². The van der Waals surface area contributed by atoms with E-state index in [9.17, 15) is 20.1 Å². The Balaban J connectivity index is 1.76. The largest absolute Gasteiger partial charge is 0.272 e. The van der Waals surface area contributed by atoms with Gasteiger partial charge in [-0.15, -0.1) is 0 Å². The summed E-state index contributed by atoms with van der Waals surface area (Å²) in [6, 6.07) is 21.5. The molecule has 0 spiro atoms. The Morgan fingerprint density at radius 1 is 0.742 bits per heavy atom. The summed E-state index contributed by atoms with van der Waals surface area (Å²) in [6.45, 7) is 3.19. The number of amides is 2. The molecule has 8 heteroatoms. The molecule has 2 aliphatic rings. The van der Waals surface area contributed by atoms with Crippen molar-refractivity contribution < 1.29 is 9.59 Å². The van der Waals surface area contributed by atoms with Gasteiger partial charge in [0.2, 0.25) is 0 Å². The van der Waals surface area contributed by atoms with Gasteiger partial charge in [-0.25, -0.2) is 10.0 Å². The van der Waals surface area contributed by atoms with E-state index in [-0.39, 0.29) is 0 Å². The fourth-order valence-corrected chi connectivity index (χ4v) is 4.14. The highest BCUT2D eigenvalue weighted by atomic mass is 16.2. The molecule has 0 saturated heterocycles. The normalized spacial score (nSPS) is 20.9. The molecule has 152 valence electrons. The van der Waals surface area contributed by atoms with E-state index < -0.39 is 29.1 Å². The summed E-state index contributed by atoms with van der Waals surface area (Å²) >= 11 is 0. The number of nitriles is 2. The quantitative estimate of drug-likeness (QED) is 0.770. The van der Waals surface area contributed by atoms with E-state index in [1.165, 1.54) is 10.0 Å². The van der Waals surface area contributed by atoms with Crippen LogP contribution in [0.2, 0.25) is 0 Å². The Hall–Kier alpha value is -4.30. The first-order chi connectivity index (χ1) is 14.9. The number of benzene rings is 2. The lowest BCUT2D eigenvalue weighted by Crippen LogP contribution is -2.49. The zero-order valence-electron chi connectivity index (χ0n) is 16.9. The van der Waals surface area contributed by atoms with Gasteiger partial charge in [0, 0.05) is 0 Å². The summed E-state index contributed by atoms with van der Waals surface area (Å²) in [5, 5.41) is 31.3. The van der Waals surface area contributed by atoms with E-state index in [1.54, 1.807) is 62.4 Å². The van der Waals surface area contributed by atoms with Crippen molar-refractivity contribution in [1.29, 1.82) is 10.5 Å². The van der Waals surface area contributed by atoms with Crippen LogP contribution < -0.4 is 10.0 Å². The molecule has 0 bridgehead atoms. The number of anilines is 2. The predicted octanol–water partition coefficient (Wildman–Crippen LogP) is 3.10. The monoisotopic (exact) mass is 410 g/mol. The van der Waals surface area contributed by atoms with Crippen LogP contribution in [0.15, 0.2) is 70.9 Å². The second-order valence-corrected chi connectivity index (χ2v) is 7.41. The lowest BCUT2D eigenvalue weighted by atomic mass is 9.65. The average Bonchev–Trinajstić information content (AvgIpc) is 3.27. The number of carbonyl (C=O) groups is 2. The van der Waals surface area contributed by atoms with Crippen LogP contribution in [0.4, 0.5) is 11.4 Å².